The van der Waals surface area contributed by atoms with Crippen molar-refractivity contribution in [2.24, 2.45) is 22.4 Å². The Bertz CT molecular complexity index is 1040. The van der Waals surface area contributed by atoms with E-state index < -0.39 is 5.41 Å². The summed E-state index contributed by atoms with van der Waals surface area (Å²) in [5.41, 5.74) is 1.10. The summed E-state index contributed by atoms with van der Waals surface area (Å²) in [6.45, 7) is 12.6. The van der Waals surface area contributed by atoms with Gasteiger partial charge in [-0.1, -0.05) is 50.3 Å². The number of hydrogen-bond donors (Lipinski definition) is 1. The van der Waals surface area contributed by atoms with Gasteiger partial charge in [-0.25, -0.2) is 0 Å². The van der Waals surface area contributed by atoms with Crippen LogP contribution in [0.25, 0.3) is 0 Å². The SMILES string of the molecule is C=C/C=C\C=C/CC(C#N)(C[C@H](CCC)NC(C)=O)C1CCCN(CC2CN(c3ccc(N=O)cc3)C2)CC1. The van der Waals surface area contributed by atoms with Crippen molar-refractivity contribution in [1.82, 2.24) is 10.2 Å². The zero-order valence-corrected chi connectivity index (χ0v) is 23.7. The third-order valence-electron chi connectivity index (χ3n) is 8.25. The van der Waals surface area contributed by atoms with E-state index in [9.17, 15) is 15.0 Å². The number of allylic oxidation sites excluding steroid dienone is 5. The van der Waals surface area contributed by atoms with E-state index in [2.05, 4.69) is 45.9 Å². The minimum atomic E-state index is -0.507. The molecule has 7 nitrogen and oxygen atoms in total. The number of nitrogens with zero attached hydrogens (tertiary/aromatic N) is 4. The Hall–Kier alpha value is -3.24. The second-order valence-corrected chi connectivity index (χ2v) is 11.2. The Balaban J connectivity index is 1.63. The van der Waals surface area contributed by atoms with Crippen LogP contribution >= 0.6 is 0 Å². The van der Waals surface area contributed by atoms with Crippen LogP contribution < -0.4 is 10.2 Å². The van der Waals surface area contributed by atoms with Gasteiger partial charge in [0.1, 0.15) is 5.69 Å². The van der Waals surface area contributed by atoms with Crippen molar-refractivity contribution in [3.05, 3.63) is 66.1 Å². The van der Waals surface area contributed by atoms with E-state index in [0.29, 0.717) is 24.4 Å². The van der Waals surface area contributed by atoms with Gasteiger partial charge in [0.2, 0.25) is 5.91 Å². The van der Waals surface area contributed by atoms with E-state index in [1.54, 1.807) is 25.1 Å². The first-order valence-electron chi connectivity index (χ1n) is 14.5. The number of likely N-dealkylation sites (tertiary alicyclic amines) is 1. The van der Waals surface area contributed by atoms with Gasteiger partial charge in [0, 0.05) is 44.2 Å². The van der Waals surface area contributed by atoms with Crippen LogP contribution in [0.2, 0.25) is 0 Å². The van der Waals surface area contributed by atoms with Crippen LogP contribution in [0.4, 0.5) is 11.4 Å². The number of hydrogen-bond acceptors (Lipinski definition) is 6. The third-order valence-corrected chi connectivity index (χ3v) is 8.25. The number of amides is 1. The fourth-order valence-corrected chi connectivity index (χ4v) is 6.28. The number of anilines is 1. The summed E-state index contributed by atoms with van der Waals surface area (Å²) in [5.74, 6) is 0.888. The zero-order valence-electron chi connectivity index (χ0n) is 23.7. The first-order chi connectivity index (χ1) is 18.9. The Kier molecular flexibility index (Phi) is 11.9. The molecule has 2 heterocycles. The maximum absolute atomic E-state index is 11.9. The monoisotopic (exact) mass is 531 g/mol. The molecule has 1 aromatic rings. The van der Waals surface area contributed by atoms with Crippen LogP contribution in [0.3, 0.4) is 0 Å². The molecule has 0 spiro atoms. The van der Waals surface area contributed by atoms with Crippen molar-refractivity contribution in [3.63, 3.8) is 0 Å². The molecule has 3 atom stereocenters. The van der Waals surface area contributed by atoms with Crippen LogP contribution in [-0.4, -0.2) is 49.6 Å². The maximum atomic E-state index is 11.9. The maximum Gasteiger partial charge on any atom is 0.217 e. The molecule has 1 amide bonds. The lowest BCUT2D eigenvalue weighted by Gasteiger charge is -2.43. The molecular formula is C32H45N5O2. The fraction of sp³-hybridized carbons (Fsp3) is 0.562. The van der Waals surface area contributed by atoms with Crippen molar-refractivity contribution in [2.75, 3.05) is 37.6 Å². The zero-order chi connectivity index (χ0) is 28.1. The summed E-state index contributed by atoms with van der Waals surface area (Å²) in [7, 11) is 0. The highest BCUT2D eigenvalue weighted by Gasteiger charge is 2.41. The molecule has 0 aromatic heterocycles. The summed E-state index contributed by atoms with van der Waals surface area (Å²) in [6, 6.07) is 10.3. The largest absolute Gasteiger partial charge is 0.371 e. The van der Waals surface area contributed by atoms with Gasteiger partial charge in [-0.15, -0.1) is 4.91 Å². The quantitative estimate of drug-likeness (QED) is 0.218. The lowest BCUT2D eigenvalue weighted by Crippen LogP contribution is -2.51. The highest BCUT2D eigenvalue weighted by molar-refractivity contribution is 5.73. The van der Waals surface area contributed by atoms with Gasteiger partial charge in [0.25, 0.3) is 0 Å². The molecule has 2 saturated heterocycles. The number of nitriles is 1. The molecule has 0 saturated carbocycles. The molecule has 2 aliphatic rings. The van der Waals surface area contributed by atoms with Crippen molar-refractivity contribution < 1.29 is 4.79 Å². The molecule has 2 unspecified atom stereocenters. The molecule has 1 aromatic carbocycles. The number of carbonyl (C=O) groups excluding carboxylic acids is 1. The minimum Gasteiger partial charge on any atom is -0.371 e. The summed E-state index contributed by atoms with van der Waals surface area (Å²) < 4.78 is 0. The standard InChI is InChI=1S/C32H45N5O2/c1-4-6-7-8-9-18-32(25-33,21-30(11-5-2)34-26(3)38)28-12-10-19-36(20-17-28)22-27-23-37(24-27)31-15-13-29(35-39)14-16-31/h4,6-9,13-16,27-28,30H,1,5,10-12,17-24H2,2-3H3,(H,34,38)/b7-6-,9-8-/t28?,30-,32?/m0/s1. The number of nitrogens with one attached hydrogen (secondary N) is 1. The average molecular weight is 532 g/mol. The molecule has 0 radical (unpaired) electrons. The van der Waals surface area contributed by atoms with E-state index in [4.69, 9.17) is 0 Å². The van der Waals surface area contributed by atoms with Crippen molar-refractivity contribution in [3.8, 4) is 6.07 Å². The van der Waals surface area contributed by atoms with Gasteiger partial charge >= 0.3 is 0 Å². The number of nitroso groups, excluding NO2 is 1. The normalized spacial score (nSPS) is 21.1. The number of benzene rings is 1. The Morgan fingerprint density at radius 3 is 2.64 bits per heavy atom. The van der Waals surface area contributed by atoms with Crippen molar-refractivity contribution >= 4 is 17.3 Å². The summed E-state index contributed by atoms with van der Waals surface area (Å²) in [4.78, 5) is 27.6. The molecule has 2 fully saturated rings. The first-order valence-corrected chi connectivity index (χ1v) is 14.5. The van der Waals surface area contributed by atoms with E-state index in [-0.39, 0.29) is 17.9 Å². The predicted molar refractivity (Wildman–Crippen MR) is 160 cm³/mol. The third kappa shape index (κ3) is 8.90. The lowest BCUT2D eigenvalue weighted by atomic mass is 9.66. The fourth-order valence-electron chi connectivity index (χ4n) is 6.28. The van der Waals surface area contributed by atoms with Crippen molar-refractivity contribution in [1.29, 1.82) is 5.26 Å². The molecule has 210 valence electrons. The van der Waals surface area contributed by atoms with Gasteiger partial charge < -0.3 is 15.1 Å². The van der Waals surface area contributed by atoms with E-state index in [1.165, 1.54) is 0 Å². The number of rotatable bonds is 14. The summed E-state index contributed by atoms with van der Waals surface area (Å²) in [5, 5.41) is 16.7. The van der Waals surface area contributed by atoms with E-state index in [0.717, 1.165) is 70.5 Å². The highest BCUT2D eigenvalue weighted by atomic mass is 16.3. The lowest BCUT2D eigenvalue weighted by molar-refractivity contribution is -0.119. The summed E-state index contributed by atoms with van der Waals surface area (Å²) >= 11 is 0. The van der Waals surface area contributed by atoms with E-state index in [1.807, 2.05) is 30.4 Å². The van der Waals surface area contributed by atoms with Crippen LogP contribution in [0.1, 0.15) is 58.8 Å². The molecule has 2 aliphatic heterocycles. The second kappa shape index (κ2) is 15.4. The smallest absolute Gasteiger partial charge is 0.217 e. The minimum absolute atomic E-state index is 0.0148. The van der Waals surface area contributed by atoms with Gasteiger partial charge in [-0.2, -0.15) is 5.26 Å². The summed E-state index contributed by atoms with van der Waals surface area (Å²) in [6.07, 6.45) is 16.1. The highest BCUT2D eigenvalue weighted by Crippen LogP contribution is 2.43. The van der Waals surface area contributed by atoms with Gasteiger partial charge in [-0.3, -0.25) is 4.79 Å². The van der Waals surface area contributed by atoms with Gasteiger partial charge in [0.05, 0.1) is 11.5 Å². The van der Waals surface area contributed by atoms with Gasteiger partial charge in [0.15, 0.2) is 0 Å². The molecule has 7 heteroatoms. The Morgan fingerprint density at radius 2 is 2.00 bits per heavy atom. The van der Waals surface area contributed by atoms with E-state index >= 15 is 0 Å². The first kappa shape index (κ1) is 30.3. The average Bonchev–Trinajstić information content (AvgIpc) is 3.15. The molecule has 3 rings (SSSR count). The van der Waals surface area contributed by atoms with Crippen LogP contribution in [0.15, 0.2) is 66.4 Å². The second-order valence-electron chi connectivity index (χ2n) is 11.2. The van der Waals surface area contributed by atoms with Crippen LogP contribution in [0.5, 0.6) is 0 Å². The van der Waals surface area contributed by atoms with Crippen LogP contribution in [0, 0.1) is 33.5 Å². The number of carbonyl (C=O) groups is 1. The van der Waals surface area contributed by atoms with Gasteiger partial charge in [-0.05, 0) is 87.0 Å². The molecular weight excluding hydrogens is 486 g/mol. The van der Waals surface area contributed by atoms with Crippen molar-refractivity contribution in [2.45, 2.75) is 64.8 Å². The Morgan fingerprint density at radius 1 is 1.23 bits per heavy atom. The topological polar surface area (TPSA) is 88.8 Å². The molecule has 1 N–H and O–H groups in total. The molecule has 0 aliphatic carbocycles. The van der Waals surface area contributed by atoms with Crippen LogP contribution in [-0.2, 0) is 4.79 Å². The Labute approximate surface area is 234 Å². The predicted octanol–water partition coefficient (Wildman–Crippen LogP) is 6.52. The molecule has 39 heavy (non-hydrogen) atoms. The molecule has 0 bridgehead atoms.